The molecule has 2 rings (SSSR count). The van der Waals surface area contributed by atoms with Crippen LogP contribution in [-0.2, 0) is 0 Å². The Morgan fingerprint density at radius 2 is 2.21 bits per heavy atom. The van der Waals surface area contributed by atoms with Gasteiger partial charge in [-0.2, -0.15) is 0 Å². The third-order valence-corrected chi connectivity index (χ3v) is 3.61. The van der Waals surface area contributed by atoms with Crippen LogP contribution < -0.4 is 15.8 Å². The maximum atomic E-state index is 12.2. The molecule has 0 aliphatic heterocycles. The molecule has 1 aromatic carbocycles. The van der Waals surface area contributed by atoms with E-state index in [0.29, 0.717) is 22.2 Å². The second-order valence-electron chi connectivity index (χ2n) is 4.88. The van der Waals surface area contributed by atoms with Gasteiger partial charge in [-0.3, -0.25) is 4.79 Å². The van der Waals surface area contributed by atoms with Crippen molar-refractivity contribution >= 4 is 23.1 Å². The second-order valence-corrected chi connectivity index (χ2v) is 5.35. The number of aryl methyl sites for hydroxylation is 1. The monoisotopic (exact) mass is 278 g/mol. The molecule has 1 amide bonds. The maximum absolute atomic E-state index is 12.2. The van der Waals surface area contributed by atoms with E-state index in [0.717, 1.165) is 18.4 Å². The number of hydrogen-bond acceptors (Lipinski definition) is 3. The van der Waals surface area contributed by atoms with Crippen LogP contribution in [0, 0.1) is 12.8 Å². The van der Waals surface area contributed by atoms with Crippen molar-refractivity contribution in [1.29, 1.82) is 0 Å². The molecule has 1 atom stereocenters. The van der Waals surface area contributed by atoms with Crippen molar-refractivity contribution in [1.82, 2.24) is 5.32 Å². The van der Waals surface area contributed by atoms with Crippen LogP contribution in [0.2, 0.25) is 0 Å². The Bertz CT molecular complexity index is 512. The number of rotatable bonds is 5. The van der Waals surface area contributed by atoms with Gasteiger partial charge in [-0.25, -0.2) is 0 Å². The number of benzene rings is 1. The second kappa shape index (κ2) is 5.57. The Hall–Kier alpha value is -1.62. The third kappa shape index (κ3) is 3.23. The van der Waals surface area contributed by atoms with Gasteiger partial charge in [0.25, 0.3) is 5.91 Å². The van der Waals surface area contributed by atoms with E-state index < -0.39 is 0 Å². The standard InChI is InChI=1S/C14H18N2O2S/c1-8-3-4-10(7-11(8)18-2)14(17)16-12(13(15)19)9-5-6-9/h3-4,7,9,12H,5-6H2,1-2H3,(H2,15,19)(H,16,17). The fourth-order valence-electron chi connectivity index (χ4n) is 2.04. The predicted molar refractivity (Wildman–Crippen MR) is 78.5 cm³/mol. The van der Waals surface area contributed by atoms with Crippen LogP contribution in [0.1, 0.15) is 28.8 Å². The average Bonchev–Trinajstić information content (AvgIpc) is 3.20. The molecule has 0 saturated heterocycles. The quantitative estimate of drug-likeness (QED) is 0.806. The van der Waals surface area contributed by atoms with Gasteiger partial charge in [0.1, 0.15) is 5.75 Å². The van der Waals surface area contributed by atoms with Crippen molar-refractivity contribution in [2.24, 2.45) is 11.7 Å². The molecule has 1 fully saturated rings. The molecule has 1 aromatic rings. The van der Waals surface area contributed by atoms with Crippen LogP contribution in [0.4, 0.5) is 0 Å². The number of amides is 1. The van der Waals surface area contributed by atoms with Gasteiger partial charge in [0.05, 0.1) is 18.1 Å². The van der Waals surface area contributed by atoms with Crippen molar-refractivity contribution in [2.75, 3.05) is 7.11 Å². The van der Waals surface area contributed by atoms with Gasteiger partial charge in [0.15, 0.2) is 0 Å². The molecule has 4 nitrogen and oxygen atoms in total. The molecule has 0 aromatic heterocycles. The minimum atomic E-state index is -0.199. The first kappa shape index (κ1) is 13.8. The first-order chi connectivity index (χ1) is 9.02. The summed E-state index contributed by atoms with van der Waals surface area (Å²) in [6.45, 7) is 1.93. The van der Waals surface area contributed by atoms with Crippen molar-refractivity contribution in [3.8, 4) is 5.75 Å². The van der Waals surface area contributed by atoms with Crippen LogP contribution >= 0.6 is 12.2 Å². The van der Waals surface area contributed by atoms with Gasteiger partial charge >= 0.3 is 0 Å². The molecule has 0 heterocycles. The molecule has 1 aliphatic carbocycles. The third-order valence-electron chi connectivity index (χ3n) is 3.36. The number of hydrogen-bond donors (Lipinski definition) is 2. The van der Waals surface area contributed by atoms with Crippen molar-refractivity contribution in [3.05, 3.63) is 29.3 Å². The van der Waals surface area contributed by atoms with Crippen LogP contribution in [0.25, 0.3) is 0 Å². The van der Waals surface area contributed by atoms with Crippen LogP contribution in [-0.4, -0.2) is 24.0 Å². The van der Waals surface area contributed by atoms with E-state index in [9.17, 15) is 4.79 Å². The van der Waals surface area contributed by atoms with Crippen LogP contribution in [0.15, 0.2) is 18.2 Å². The number of nitrogens with one attached hydrogen (secondary N) is 1. The van der Waals surface area contributed by atoms with Gasteiger partial charge < -0.3 is 15.8 Å². The van der Waals surface area contributed by atoms with E-state index in [4.69, 9.17) is 22.7 Å². The Balaban J connectivity index is 2.12. The number of thiocarbonyl (C=S) groups is 1. The lowest BCUT2D eigenvalue weighted by Gasteiger charge is -2.17. The average molecular weight is 278 g/mol. The first-order valence-electron chi connectivity index (χ1n) is 6.27. The molecule has 102 valence electrons. The molecule has 0 bridgehead atoms. The van der Waals surface area contributed by atoms with Gasteiger partial charge in [-0.05, 0) is 43.4 Å². The van der Waals surface area contributed by atoms with E-state index in [1.165, 1.54) is 0 Å². The zero-order chi connectivity index (χ0) is 14.0. The van der Waals surface area contributed by atoms with Crippen molar-refractivity contribution in [2.45, 2.75) is 25.8 Å². The molecule has 5 heteroatoms. The van der Waals surface area contributed by atoms with Crippen LogP contribution in [0.5, 0.6) is 5.75 Å². The van der Waals surface area contributed by atoms with Gasteiger partial charge in [0.2, 0.25) is 0 Å². The molecule has 19 heavy (non-hydrogen) atoms. The Kier molecular flexibility index (Phi) is 4.04. The lowest BCUT2D eigenvalue weighted by Crippen LogP contribution is -2.45. The summed E-state index contributed by atoms with van der Waals surface area (Å²) in [4.78, 5) is 12.5. The summed E-state index contributed by atoms with van der Waals surface area (Å²) in [7, 11) is 1.59. The summed E-state index contributed by atoms with van der Waals surface area (Å²) in [6.07, 6.45) is 2.14. The zero-order valence-electron chi connectivity index (χ0n) is 11.1. The number of methoxy groups -OCH3 is 1. The number of carbonyl (C=O) groups is 1. The first-order valence-corrected chi connectivity index (χ1v) is 6.68. The molecule has 0 radical (unpaired) electrons. The normalized spacial score (nSPS) is 15.7. The van der Waals surface area contributed by atoms with Crippen LogP contribution in [0.3, 0.4) is 0 Å². The number of ether oxygens (including phenoxy) is 1. The highest BCUT2D eigenvalue weighted by atomic mass is 32.1. The molecule has 3 N–H and O–H groups in total. The van der Waals surface area contributed by atoms with E-state index in [1.54, 1.807) is 19.2 Å². The van der Waals surface area contributed by atoms with E-state index in [2.05, 4.69) is 5.32 Å². The fraction of sp³-hybridized carbons (Fsp3) is 0.429. The fourth-order valence-corrected chi connectivity index (χ4v) is 2.29. The summed E-state index contributed by atoms with van der Waals surface area (Å²) in [6, 6.07) is 5.17. The van der Waals surface area contributed by atoms with Gasteiger partial charge in [-0.15, -0.1) is 0 Å². The summed E-state index contributed by atoms with van der Waals surface area (Å²) in [5, 5.41) is 2.90. The van der Waals surface area contributed by atoms with Gasteiger partial charge in [0, 0.05) is 5.56 Å². The minimum Gasteiger partial charge on any atom is -0.496 e. The Morgan fingerprint density at radius 3 is 2.74 bits per heavy atom. The maximum Gasteiger partial charge on any atom is 0.251 e. The largest absolute Gasteiger partial charge is 0.496 e. The molecular formula is C14H18N2O2S. The van der Waals surface area contributed by atoms with E-state index >= 15 is 0 Å². The Morgan fingerprint density at radius 1 is 1.53 bits per heavy atom. The number of carbonyl (C=O) groups excluding carboxylic acids is 1. The van der Waals surface area contributed by atoms with E-state index in [1.807, 2.05) is 13.0 Å². The Labute approximate surface area is 118 Å². The minimum absolute atomic E-state index is 0.164. The highest BCUT2D eigenvalue weighted by Gasteiger charge is 2.34. The van der Waals surface area contributed by atoms with Gasteiger partial charge in [-0.1, -0.05) is 18.3 Å². The van der Waals surface area contributed by atoms with Crippen molar-refractivity contribution in [3.63, 3.8) is 0 Å². The number of nitrogens with two attached hydrogens (primary N) is 1. The topological polar surface area (TPSA) is 64.3 Å². The summed E-state index contributed by atoms with van der Waals surface area (Å²) in [5.74, 6) is 0.933. The highest BCUT2D eigenvalue weighted by Crippen LogP contribution is 2.33. The molecule has 0 spiro atoms. The molecule has 1 unspecified atom stereocenters. The smallest absolute Gasteiger partial charge is 0.251 e. The summed E-state index contributed by atoms with van der Waals surface area (Å²) >= 11 is 5.01. The SMILES string of the molecule is COc1cc(C(=O)NC(C(N)=S)C2CC2)ccc1C. The molecular weight excluding hydrogens is 260 g/mol. The van der Waals surface area contributed by atoms with Crippen molar-refractivity contribution < 1.29 is 9.53 Å². The lowest BCUT2D eigenvalue weighted by molar-refractivity contribution is 0.0943. The predicted octanol–water partition coefficient (Wildman–Crippen LogP) is 1.80. The summed E-state index contributed by atoms with van der Waals surface area (Å²) in [5.41, 5.74) is 7.23. The lowest BCUT2D eigenvalue weighted by atomic mass is 10.1. The highest BCUT2D eigenvalue weighted by molar-refractivity contribution is 7.80. The zero-order valence-corrected chi connectivity index (χ0v) is 11.9. The molecule has 1 aliphatic rings. The summed E-state index contributed by atoms with van der Waals surface area (Å²) < 4.78 is 5.22. The van der Waals surface area contributed by atoms with E-state index in [-0.39, 0.29) is 11.9 Å². The molecule has 1 saturated carbocycles.